The van der Waals surface area contributed by atoms with Crippen molar-refractivity contribution in [1.29, 1.82) is 0 Å². The molecule has 0 spiro atoms. The number of ether oxygens (including phenoxy) is 1. The number of carbonyl (C=O) groups is 2. The number of anilines is 1. The first kappa shape index (κ1) is 19.2. The number of rotatable bonds is 7. The van der Waals surface area contributed by atoms with Gasteiger partial charge < -0.3 is 15.4 Å². The van der Waals surface area contributed by atoms with E-state index < -0.39 is 0 Å². The van der Waals surface area contributed by atoms with Crippen LogP contribution in [0.5, 0.6) is 5.75 Å². The molecule has 2 N–H and O–H groups in total. The minimum absolute atomic E-state index is 0.110. The second kappa shape index (κ2) is 8.49. The lowest BCUT2D eigenvalue weighted by atomic mass is 10.2. The maximum atomic E-state index is 12.9. The van der Waals surface area contributed by atoms with E-state index in [2.05, 4.69) is 10.6 Å². The van der Waals surface area contributed by atoms with E-state index in [4.69, 9.17) is 4.74 Å². The van der Waals surface area contributed by atoms with E-state index >= 15 is 0 Å². The summed E-state index contributed by atoms with van der Waals surface area (Å²) in [4.78, 5) is 26.7. The van der Waals surface area contributed by atoms with E-state index in [0.717, 1.165) is 23.3 Å². The second-order valence-corrected chi connectivity index (χ2v) is 7.94. The van der Waals surface area contributed by atoms with Gasteiger partial charge in [-0.2, -0.15) is 0 Å². The predicted octanol–water partition coefficient (Wildman–Crippen LogP) is 4.96. The highest BCUT2D eigenvalue weighted by Crippen LogP contribution is 2.36. The van der Waals surface area contributed by atoms with Crippen molar-refractivity contribution in [3.05, 3.63) is 71.1 Å². The topological polar surface area (TPSA) is 67.4 Å². The van der Waals surface area contributed by atoms with Crippen LogP contribution in [0.3, 0.4) is 0 Å². The van der Waals surface area contributed by atoms with E-state index in [1.54, 1.807) is 24.3 Å². The highest BCUT2D eigenvalue weighted by Gasteiger charge is 2.24. The second-order valence-electron chi connectivity index (χ2n) is 6.89. The SMILES string of the molecule is CCOc1cc(-c2ccccc2)sc1C(=O)Nc1cccc(C(=O)NC2CC2)c1. The van der Waals surface area contributed by atoms with Crippen molar-refractivity contribution in [2.45, 2.75) is 25.8 Å². The molecule has 3 aromatic rings. The number of benzene rings is 2. The Hall–Kier alpha value is -3.12. The molecule has 1 aromatic heterocycles. The lowest BCUT2D eigenvalue weighted by molar-refractivity contribution is 0.0949. The number of amides is 2. The van der Waals surface area contributed by atoms with Crippen LogP contribution < -0.4 is 15.4 Å². The number of hydrogen-bond donors (Lipinski definition) is 2. The summed E-state index contributed by atoms with van der Waals surface area (Å²) in [6, 6.07) is 19.1. The Labute approximate surface area is 173 Å². The van der Waals surface area contributed by atoms with Gasteiger partial charge in [0.2, 0.25) is 0 Å². The maximum absolute atomic E-state index is 12.9. The summed E-state index contributed by atoms with van der Waals surface area (Å²) in [5.41, 5.74) is 2.16. The monoisotopic (exact) mass is 406 g/mol. The largest absolute Gasteiger partial charge is 0.492 e. The zero-order chi connectivity index (χ0) is 20.2. The van der Waals surface area contributed by atoms with Gasteiger partial charge in [0.15, 0.2) is 0 Å². The molecule has 0 atom stereocenters. The third kappa shape index (κ3) is 4.66. The van der Waals surface area contributed by atoms with Gasteiger partial charge in [-0.05, 0) is 49.6 Å². The van der Waals surface area contributed by atoms with Crippen LogP contribution in [0.1, 0.15) is 39.8 Å². The highest BCUT2D eigenvalue weighted by atomic mass is 32.1. The number of carbonyl (C=O) groups excluding carboxylic acids is 2. The van der Waals surface area contributed by atoms with Crippen molar-refractivity contribution in [3.63, 3.8) is 0 Å². The van der Waals surface area contributed by atoms with Crippen LogP contribution in [0.2, 0.25) is 0 Å². The van der Waals surface area contributed by atoms with E-state index in [-0.39, 0.29) is 17.9 Å². The average Bonchev–Trinajstić information content (AvgIpc) is 3.45. The molecule has 1 saturated carbocycles. The molecular weight excluding hydrogens is 384 g/mol. The van der Waals surface area contributed by atoms with Gasteiger partial charge in [-0.1, -0.05) is 36.4 Å². The Balaban J connectivity index is 1.55. The average molecular weight is 407 g/mol. The Morgan fingerprint density at radius 3 is 2.55 bits per heavy atom. The minimum atomic E-state index is -0.250. The van der Waals surface area contributed by atoms with Crippen molar-refractivity contribution in [2.24, 2.45) is 0 Å². The lowest BCUT2D eigenvalue weighted by Crippen LogP contribution is -2.25. The molecule has 5 nitrogen and oxygen atoms in total. The van der Waals surface area contributed by atoms with Gasteiger partial charge in [-0.25, -0.2) is 0 Å². The molecule has 6 heteroatoms. The zero-order valence-electron chi connectivity index (χ0n) is 16.1. The summed E-state index contributed by atoms with van der Waals surface area (Å²) in [7, 11) is 0. The molecule has 0 saturated heterocycles. The summed E-state index contributed by atoms with van der Waals surface area (Å²) in [5.74, 6) is 0.206. The molecule has 2 aromatic carbocycles. The number of hydrogen-bond acceptors (Lipinski definition) is 4. The normalized spacial score (nSPS) is 13.0. The van der Waals surface area contributed by atoms with E-state index in [1.807, 2.05) is 43.3 Å². The Bertz CT molecular complexity index is 1030. The fourth-order valence-corrected chi connectivity index (χ4v) is 3.96. The predicted molar refractivity (Wildman–Crippen MR) is 116 cm³/mol. The molecule has 1 aliphatic rings. The van der Waals surface area contributed by atoms with Gasteiger partial charge in [-0.15, -0.1) is 11.3 Å². The van der Waals surface area contributed by atoms with Gasteiger partial charge in [0.05, 0.1) is 6.61 Å². The standard InChI is InChI=1S/C23H22N2O3S/c1-2-28-19-14-20(15-7-4-3-5-8-15)29-21(19)23(27)25-18-10-6-9-16(13-18)22(26)24-17-11-12-17/h3-10,13-14,17H,2,11-12H2,1H3,(H,24,26)(H,25,27). The lowest BCUT2D eigenvalue weighted by Gasteiger charge is -2.08. The summed E-state index contributed by atoms with van der Waals surface area (Å²) in [5, 5.41) is 5.86. The molecule has 1 aliphatic carbocycles. The minimum Gasteiger partial charge on any atom is -0.492 e. The molecule has 2 amide bonds. The van der Waals surface area contributed by atoms with Crippen molar-refractivity contribution in [1.82, 2.24) is 5.32 Å². The maximum Gasteiger partial charge on any atom is 0.269 e. The summed E-state index contributed by atoms with van der Waals surface area (Å²) < 4.78 is 5.70. The molecule has 0 radical (unpaired) electrons. The first-order valence-electron chi connectivity index (χ1n) is 9.68. The molecule has 4 rings (SSSR count). The Morgan fingerprint density at radius 2 is 1.83 bits per heavy atom. The summed E-state index contributed by atoms with van der Waals surface area (Å²) in [6.45, 7) is 2.37. The third-order valence-electron chi connectivity index (χ3n) is 4.56. The number of nitrogens with one attached hydrogen (secondary N) is 2. The van der Waals surface area contributed by atoms with Crippen molar-refractivity contribution < 1.29 is 14.3 Å². The smallest absolute Gasteiger partial charge is 0.269 e. The van der Waals surface area contributed by atoms with Crippen LogP contribution >= 0.6 is 11.3 Å². The fourth-order valence-electron chi connectivity index (χ4n) is 2.96. The van der Waals surface area contributed by atoms with Crippen molar-refractivity contribution >= 4 is 28.8 Å². The molecule has 1 fully saturated rings. The van der Waals surface area contributed by atoms with Gasteiger partial charge >= 0.3 is 0 Å². The van der Waals surface area contributed by atoms with Crippen molar-refractivity contribution in [2.75, 3.05) is 11.9 Å². The summed E-state index contributed by atoms with van der Waals surface area (Å²) in [6.07, 6.45) is 2.06. The van der Waals surface area contributed by atoms with Crippen LogP contribution in [-0.4, -0.2) is 24.5 Å². The van der Waals surface area contributed by atoms with Crippen LogP contribution in [0.15, 0.2) is 60.7 Å². The quantitative estimate of drug-likeness (QED) is 0.583. The van der Waals surface area contributed by atoms with E-state index in [1.165, 1.54) is 11.3 Å². The molecule has 0 bridgehead atoms. The van der Waals surface area contributed by atoms with Gasteiger partial charge in [0.1, 0.15) is 10.6 Å². The molecular formula is C23H22N2O3S. The van der Waals surface area contributed by atoms with Crippen LogP contribution in [0.4, 0.5) is 5.69 Å². The zero-order valence-corrected chi connectivity index (χ0v) is 16.9. The first-order chi connectivity index (χ1) is 14.1. The Morgan fingerprint density at radius 1 is 1.03 bits per heavy atom. The third-order valence-corrected chi connectivity index (χ3v) is 5.72. The molecule has 29 heavy (non-hydrogen) atoms. The van der Waals surface area contributed by atoms with E-state index in [0.29, 0.717) is 28.5 Å². The van der Waals surface area contributed by atoms with Gasteiger partial charge in [0, 0.05) is 22.2 Å². The highest BCUT2D eigenvalue weighted by molar-refractivity contribution is 7.17. The molecule has 148 valence electrons. The van der Waals surface area contributed by atoms with Gasteiger partial charge in [-0.3, -0.25) is 9.59 Å². The molecule has 1 heterocycles. The van der Waals surface area contributed by atoms with Gasteiger partial charge in [0.25, 0.3) is 11.8 Å². The van der Waals surface area contributed by atoms with Crippen molar-refractivity contribution in [3.8, 4) is 16.2 Å². The summed E-state index contributed by atoms with van der Waals surface area (Å²) >= 11 is 1.39. The van der Waals surface area contributed by atoms with Crippen LogP contribution in [-0.2, 0) is 0 Å². The Kier molecular flexibility index (Phi) is 5.62. The first-order valence-corrected chi connectivity index (χ1v) is 10.5. The number of thiophene rings is 1. The van der Waals surface area contributed by atoms with Crippen LogP contribution in [0.25, 0.3) is 10.4 Å². The van der Waals surface area contributed by atoms with E-state index in [9.17, 15) is 9.59 Å². The molecule has 0 aliphatic heterocycles. The fraction of sp³-hybridized carbons (Fsp3) is 0.217. The van der Waals surface area contributed by atoms with Crippen LogP contribution in [0, 0.1) is 0 Å². The molecule has 0 unspecified atom stereocenters.